The Morgan fingerprint density at radius 2 is 1.88 bits per heavy atom. The summed E-state index contributed by atoms with van der Waals surface area (Å²) < 4.78 is 0. The fourth-order valence-corrected chi connectivity index (χ4v) is 6.79. The van der Waals surface area contributed by atoms with Gasteiger partial charge in [0, 0.05) is 6.42 Å². The van der Waals surface area contributed by atoms with E-state index in [0.717, 1.165) is 36.5 Å². The van der Waals surface area contributed by atoms with E-state index in [1.807, 2.05) is 19.9 Å². The van der Waals surface area contributed by atoms with Crippen LogP contribution in [-0.2, 0) is 4.79 Å². The molecule has 0 spiro atoms. The molecule has 0 saturated heterocycles. The molecule has 2 fully saturated rings. The lowest BCUT2D eigenvalue weighted by atomic mass is 9.48. The first-order chi connectivity index (χ1) is 12.5. The Kier molecular flexibility index (Phi) is 5.66. The zero-order chi connectivity index (χ0) is 18.9. The van der Waals surface area contributed by atoms with E-state index < -0.39 is 0 Å². The Hall–Kier alpha value is -1.11. The molecule has 0 N–H and O–H groups in total. The van der Waals surface area contributed by atoms with Crippen LogP contribution in [0.2, 0.25) is 0 Å². The molecule has 0 aromatic rings. The fourth-order valence-electron chi connectivity index (χ4n) is 6.79. The Labute approximate surface area is 161 Å². The number of ketones is 1. The normalized spacial score (nSPS) is 43.9. The van der Waals surface area contributed by atoms with E-state index in [2.05, 4.69) is 45.1 Å². The van der Waals surface area contributed by atoms with Crippen molar-refractivity contribution in [3.8, 4) is 0 Å². The van der Waals surface area contributed by atoms with Gasteiger partial charge in [-0.05, 0) is 91.6 Å². The highest BCUT2D eigenvalue weighted by atomic mass is 16.1. The van der Waals surface area contributed by atoms with Crippen LogP contribution in [0.1, 0.15) is 79.6 Å². The van der Waals surface area contributed by atoms with E-state index in [1.165, 1.54) is 37.7 Å². The summed E-state index contributed by atoms with van der Waals surface area (Å²) in [6, 6.07) is 0. The van der Waals surface area contributed by atoms with Crippen molar-refractivity contribution in [3.63, 3.8) is 0 Å². The van der Waals surface area contributed by atoms with Crippen molar-refractivity contribution >= 4 is 5.78 Å². The maximum atomic E-state index is 11.9. The third kappa shape index (κ3) is 2.96. The smallest absolute Gasteiger partial charge is 0.156 e. The van der Waals surface area contributed by atoms with Crippen molar-refractivity contribution in [2.45, 2.75) is 79.6 Å². The van der Waals surface area contributed by atoms with Crippen molar-refractivity contribution in [1.82, 2.24) is 0 Å². The third-order valence-electron chi connectivity index (χ3n) is 8.37. The predicted octanol–water partition coefficient (Wildman–Crippen LogP) is 6.90. The summed E-state index contributed by atoms with van der Waals surface area (Å²) in [6.45, 7) is 11.2. The Balaban J connectivity index is 0.000000948. The molecule has 4 aliphatic carbocycles. The zero-order valence-corrected chi connectivity index (χ0v) is 17.6. The third-order valence-corrected chi connectivity index (χ3v) is 8.37. The van der Waals surface area contributed by atoms with Crippen LogP contribution in [0, 0.1) is 34.5 Å². The molecule has 0 aromatic carbocycles. The summed E-state index contributed by atoms with van der Waals surface area (Å²) in [5, 5.41) is 0. The van der Waals surface area contributed by atoms with Crippen LogP contribution in [0.4, 0.5) is 0 Å². The van der Waals surface area contributed by atoms with Gasteiger partial charge in [-0.3, -0.25) is 4.79 Å². The first kappa shape index (κ1) is 19.6. The molecule has 2 saturated carbocycles. The SMILES string of the molecule is C/C=C/CC1CCC2C3C=CC4=CC(=O)CCC4(C)C3CCC12C.CC. The molecule has 0 amide bonds. The molecule has 1 heteroatoms. The number of allylic oxidation sites excluding steroid dienone is 6. The van der Waals surface area contributed by atoms with Crippen molar-refractivity contribution in [1.29, 1.82) is 0 Å². The Morgan fingerprint density at radius 3 is 2.62 bits per heavy atom. The Bertz CT molecular complexity index is 624. The molecule has 6 atom stereocenters. The van der Waals surface area contributed by atoms with Gasteiger partial charge in [-0.2, -0.15) is 0 Å². The lowest BCUT2D eigenvalue weighted by Crippen LogP contribution is -2.48. The fraction of sp³-hybridized carbons (Fsp3) is 0.720. The summed E-state index contributed by atoms with van der Waals surface area (Å²) in [6.07, 6.45) is 20.0. The van der Waals surface area contributed by atoms with Crippen LogP contribution < -0.4 is 0 Å². The van der Waals surface area contributed by atoms with Gasteiger partial charge < -0.3 is 0 Å². The standard InChI is InChI=1S/C23H32O.C2H6/c1-4-5-6-16-8-10-20-19-9-7-17-15-18(24)11-13-23(17,3)21(19)12-14-22(16,20)2;1-2/h4-5,7,9,15-16,19-21H,6,8,10-14H2,1-3H3;1-2H3/b5-4+;. The molecule has 144 valence electrons. The quantitative estimate of drug-likeness (QED) is 0.493. The van der Waals surface area contributed by atoms with Crippen LogP contribution in [-0.4, -0.2) is 5.78 Å². The first-order valence-electron chi connectivity index (χ1n) is 11.0. The number of hydrogen-bond donors (Lipinski definition) is 0. The van der Waals surface area contributed by atoms with Crippen LogP contribution in [0.5, 0.6) is 0 Å². The van der Waals surface area contributed by atoms with Crippen molar-refractivity contribution in [3.05, 3.63) is 36.0 Å². The highest BCUT2D eigenvalue weighted by Crippen LogP contribution is 2.65. The van der Waals surface area contributed by atoms with Crippen LogP contribution >= 0.6 is 0 Å². The zero-order valence-electron chi connectivity index (χ0n) is 17.6. The largest absolute Gasteiger partial charge is 0.295 e. The lowest BCUT2D eigenvalue weighted by Gasteiger charge is -2.56. The molecular formula is C25H38O. The van der Waals surface area contributed by atoms with E-state index in [0.29, 0.717) is 11.2 Å². The van der Waals surface area contributed by atoms with Crippen molar-refractivity contribution in [2.24, 2.45) is 34.5 Å². The second-order valence-electron chi connectivity index (χ2n) is 9.26. The van der Waals surface area contributed by atoms with Gasteiger partial charge in [0.15, 0.2) is 5.78 Å². The van der Waals surface area contributed by atoms with E-state index in [-0.39, 0.29) is 5.41 Å². The Morgan fingerprint density at radius 1 is 1.12 bits per heavy atom. The van der Waals surface area contributed by atoms with Gasteiger partial charge in [-0.15, -0.1) is 0 Å². The number of carbonyl (C=O) groups is 1. The van der Waals surface area contributed by atoms with Gasteiger partial charge in [-0.1, -0.05) is 52.0 Å². The van der Waals surface area contributed by atoms with E-state index in [9.17, 15) is 4.79 Å². The van der Waals surface area contributed by atoms with Crippen LogP contribution in [0.3, 0.4) is 0 Å². The maximum Gasteiger partial charge on any atom is 0.156 e. The van der Waals surface area contributed by atoms with Crippen LogP contribution in [0.25, 0.3) is 0 Å². The molecule has 0 aliphatic heterocycles. The second kappa shape index (κ2) is 7.49. The molecule has 4 rings (SSSR count). The maximum absolute atomic E-state index is 11.9. The predicted molar refractivity (Wildman–Crippen MR) is 111 cm³/mol. The summed E-state index contributed by atoms with van der Waals surface area (Å²) in [5.74, 6) is 3.53. The number of carbonyl (C=O) groups excluding carboxylic acids is 1. The van der Waals surface area contributed by atoms with Crippen molar-refractivity contribution < 1.29 is 4.79 Å². The van der Waals surface area contributed by atoms with E-state index in [4.69, 9.17) is 0 Å². The number of rotatable bonds is 2. The molecule has 0 bridgehead atoms. The minimum absolute atomic E-state index is 0.246. The molecular weight excluding hydrogens is 316 g/mol. The van der Waals surface area contributed by atoms with Gasteiger partial charge in [0.25, 0.3) is 0 Å². The van der Waals surface area contributed by atoms with Gasteiger partial charge in [0.1, 0.15) is 0 Å². The molecule has 0 heterocycles. The molecule has 0 aromatic heterocycles. The number of hydrogen-bond acceptors (Lipinski definition) is 1. The average molecular weight is 355 g/mol. The average Bonchev–Trinajstić information content (AvgIpc) is 2.98. The topological polar surface area (TPSA) is 17.1 Å². The lowest BCUT2D eigenvalue weighted by molar-refractivity contribution is -0.116. The minimum atomic E-state index is 0.246. The van der Waals surface area contributed by atoms with E-state index in [1.54, 1.807) is 0 Å². The van der Waals surface area contributed by atoms with Gasteiger partial charge in [0.2, 0.25) is 0 Å². The molecule has 4 aliphatic rings. The summed E-state index contributed by atoms with van der Waals surface area (Å²) >= 11 is 0. The second-order valence-corrected chi connectivity index (χ2v) is 9.26. The molecule has 6 unspecified atom stereocenters. The molecule has 1 nitrogen and oxygen atoms in total. The summed E-state index contributed by atoms with van der Waals surface area (Å²) in [5.41, 5.74) is 2.09. The van der Waals surface area contributed by atoms with Gasteiger partial charge in [0.05, 0.1) is 0 Å². The summed E-state index contributed by atoms with van der Waals surface area (Å²) in [7, 11) is 0. The van der Waals surface area contributed by atoms with Gasteiger partial charge in [-0.25, -0.2) is 0 Å². The monoisotopic (exact) mass is 354 g/mol. The number of fused-ring (bicyclic) bond motifs is 5. The molecule has 0 radical (unpaired) electrons. The van der Waals surface area contributed by atoms with Gasteiger partial charge >= 0.3 is 0 Å². The highest BCUT2D eigenvalue weighted by molar-refractivity contribution is 5.92. The summed E-state index contributed by atoms with van der Waals surface area (Å²) in [4.78, 5) is 11.9. The minimum Gasteiger partial charge on any atom is -0.295 e. The van der Waals surface area contributed by atoms with E-state index >= 15 is 0 Å². The van der Waals surface area contributed by atoms with Crippen LogP contribution in [0.15, 0.2) is 36.0 Å². The highest BCUT2D eigenvalue weighted by Gasteiger charge is 2.57. The molecule has 26 heavy (non-hydrogen) atoms. The van der Waals surface area contributed by atoms with Crippen molar-refractivity contribution in [2.75, 3.05) is 0 Å². The first-order valence-corrected chi connectivity index (χ1v) is 11.0.